The molecule has 1 aromatic heterocycles. The van der Waals surface area contributed by atoms with Crippen molar-refractivity contribution >= 4 is 0 Å². The highest BCUT2D eigenvalue weighted by atomic mass is 15.4. The van der Waals surface area contributed by atoms with Crippen molar-refractivity contribution in [3.8, 4) is 17.3 Å². The van der Waals surface area contributed by atoms with Crippen LogP contribution in [0.5, 0.6) is 0 Å². The molecule has 2 rings (SSSR count). The van der Waals surface area contributed by atoms with Crippen LogP contribution in [0, 0.1) is 18.3 Å². The second-order valence-corrected chi connectivity index (χ2v) is 5.05. The first-order valence-corrected chi connectivity index (χ1v) is 7.17. The summed E-state index contributed by atoms with van der Waals surface area (Å²) in [6, 6.07) is 10.3. The third kappa shape index (κ3) is 3.24. The van der Waals surface area contributed by atoms with Gasteiger partial charge in [-0.2, -0.15) is 5.26 Å². The molecule has 1 aromatic carbocycles. The van der Waals surface area contributed by atoms with Crippen LogP contribution in [0.1, 0.15) is 43.9 Å². The number of nitriles is 1. The quantitative estimate of drug-likeness (QED) is 0.750. The summed E-state index contributed by atoms with van der Waals surface area (Å²) < 4.78 is 1.86. The molecular formula is C16H20N4. The van der Waals surface area contributed by atoms with E-state index in [2.05, 4.69) is 30.2 Å². The summed E-state index contributed by atoms with van der Waals surface area (Å²) in [6.07, 6.45) is 4.71. The smallest absolute Gasteiger partial charge is 0.190 e. The number of aryl methyl sites for hydroxylation is 2. The van der Waals surface area contributed by atoms with Gasteiger partial charge < -0.3 is 0 Å². The first-order valence-electron chi connectivity index (χ1n) is 7.17. The Hall–Kier alpha value is -2.15. The summed E-state index contributed by atoms with van der Waals surface area (Å²) in [7, 11) is 0. The molecule has 0 N–H and O–H groups in total. The van der Waals surface area contributed by atoms with E-state index >= 15 is 0 Å². The molecule has 0 saturated heterocycles. The lowest BCUT2D eigenvalue weighted by atomic mass is 10.1. The summed E-state index contributed by atoms with van der Waals surface area (Å²) in [5, 5.41) is 17.3. The van der Waals surface area contributed by atoms with Crippen molar-refractivity contribution in [1.29, 1.82) is 5.26 Å². The fourth-order valence-corrected chi connectivity index (χ4v) is 2.23. The fourth-order valence-electron chi connectivity index (χ4n) is 2.23. The van der Waals surface area contributed by atoms with Crippen molar-refractivity contribution in [3.63, 3.8) is 0 Å². The van der Waals surface area contributed by atoms with E-state index in [1.807, 2.05) is 28.9 Å². The molecule has 1 heterocycles. The number of benzene rings is 1. The number of hydrogen-bond acceptors (Lipinski definition) is 3. The zero-order valence-corrected chi connectivity index (χ0v) is 12.1. The van der Waals surface area contributed by atoms with E-state index in [-0.39, 0.29) is 0 Å². The van der Waals surface area contributed by atoms with Gasteiger partial charge in [-0.25, -0.2) is 4.68 Å². The highest BCUT2D eigenvalue weighted by Crippen LogP contribution is 2.22. The van der Waals surface area contributed by atoms with Gasteiger partial charge >= 0.3 is 0 Å². The minimum absolute atomic E-state index is 0.407. The molecular weight excluding hydrogens is 248 g/mol. The van der Waals surface area contributed by atoms with Crippen LogP contribution in [0.15, 0.2) is 24.3 Å². The van der Waals surface area contributed by atoms with Crippen LogP contribution < -0.4 is 0 Å². The van der Waals surface area contributed by atoms with E-state index in [1.165, 1.54) is 24.8 Å². The van der Waals surface area contributed by atoms with E-state index in [4.69, 9.17) is 0 Å². The Morgan fingerprint density at radius 2 is 1.90 bits per heavy atom. The molecule has 4 heteroatoms. The fraction of sp³-hybridized carbons (Fsp3) is 0.438. The third-order valence-corrected chi connectivity index (χ3v) is 3.39. The molecule has 104 valence electrons. The zero-order chi connectivity index (χ0) is 14.4. The average Bonchev–Trinajstić information content (AvgIpc) is 2.87. The molecule has 0 aliphatic heterocycles. The third-order valence-electron chi connectivity index (χ3n) is 3.39. The van der Waals surface area contributed by atoms with Crippen LogP contribution in [0.2, 0.25) is 0 Å². The Kier molecular flexibility index (Phi) is 4.89. The normalized spacial score (nSPS) is 10.4. The van der Waals surface area contributed by atoms with Gasteiger partial charge in [0.05, 0.1) is 0 Å². The maximum atomic E-state index is 9.19. The average molecular weight is 268 g/mol. The lowest BCUT2D eigenvalue weighted by Gasteiger charge is -2.07. The van der Waals surface area contributed by atoms with Gasteiger partial charge in [0, 0.05) is 12.1 Å². The number of aromatic nitrogens is 3. The van der Waals surface area contributed by atoms with E-state index < -0.39 is 0 Å². The Bertz CT molecular complexity index is 590. The first kappa shape index (κ1) is 14.3. The number of rotatable bonds is 6. The Morgan fingerprint density at radius 3 is 2.55 bits per heavy atom. The van der Waals surface area contributed by atoms with E-state index in [9.17, 15) is 5.26 Å². The van der Waals surface area contributed by atoms with Gasteiger partial charge in [-0.1, -0.05) is 61.2 Å². The molecule has 0 bridgehead atoms. The first-order chi connectivity index (χ1) is 9.76. The van der Waals surface area contributed by atoms with E-state index in [1.54, 1.807) is 0 Å². The molecule has 4 nitrogen and oxygen atoms in total. The van der Waals surface area contributed by atoms with E-state index in [0.717, 1.165) is 24.2 Å². The second-order valence-electron chi connectivity index (χ2n) is 5.05. The summed E-state index contributed by atoms with van der Waals surface area (Å²) in [5.74, 6) is 0. The minimum atomic E-state index is 0.407. The van der Waals surface area contributed by atoms with Gasteiger partial charge in [-0.3, -0.25) is 0 Å². The molecule has 2 aromatic rings. The van der Waals surface area contributed by atoms with Crippen molar-refractivity contribution < 1.29 is 0 Å². The summed E-state index contributed by atoms with van der Waals surface area (Å²) in [4.78, 5) is 0. The van der Waals surface area contributed by atoms with Crippen molar-refractivity contribution in [1.82, 2.24) is 15.0 Å². The minimum Gasteiger partial charge on any atom is -0.243 e. The Balaban J connectivity index is 2.23. The topological polar surface area (TPSA) is 54.5 Å². The Labute approximate surface area is 120 Å². The van der Waals surface area contributed by atoms with Crippen LogP contribution in [-0.2, 0) is 6.54 Å². The van der Waals surface area contributed by atoms with Gasteiger partial charge in [0.15, 0.2) is 5.69 Å². The maximum absolute atomic E-state index is 9.19. The van der Waals surface area contributed by atoms with Gasteiger partial charge in [0.1, 0.15) is 11.8 Å². The number of hydrogen-bond donors (Lipinski definition) is 0. The monoisotopic (exact) mass is 268 g/mol. The molecule has 0 atom stereocenters. The van der Waals surface area contributed by atoms with Crippen molar-refractivity contribution in [2.24, 2.45) is 0 Å². The van der Waals surface area contributed by atoms with Crippen molar-refractivity contribution in [2.45, 2.75) is 46.1 Å². The SMILES string of the molecule is CCCCCCn1nnc(C#N)c1-c1ccc(C)cc1. The molecule has 0 spiro atoms. The summed E-state index contributed by atoms with van der Waals surface area (Å²) in [6.45, 7) is 5.06. The lowest BCUT2D eigenvalue weighted by molar-refractivity contribution is 0.531. The predicted molar refractivity (Wildman–Crippen MR) is 79.1 cm³/mol. The molecule has 0 fully saturated rings. The van der Waals surface area contributed by atoms with Gasteiger partial charge in [0.25, 0.3) is 0 Å². The number of unbranched alkanes of at least 4 members (excludes halogenated alkanes) is 3. The summed E-state index contributed by atoms with van der Waals surface area (Å²) in [5.41, 5.74) is 3.45. The maximum Gasteiger partial charge on any atom is 0.190 e. The standard InChI is InChI=1S/C16H20N4/c1-3-4-5-6-11-20-16(15(12-17)18-19-20)14-9-7-13(2)8-10-14/h7-10H,3-6,11H2,1-2H3. The molecule has 0 radical (unpaired) electrons. The largest absolute Gasteiger partial charge is 0.243 e. The summed E-state index contributed by atoms with van der Waals surface area (Å²) >= 11 is 0. The molecule has 0 saturated carbocycles. The highest BCUT2D eigenvalue weighted by molar-refractivity contribution is 5.65. The van der Waals surface area contributed by atoms with Crippen molar-refractivity contribution in [2.75, 3.05) is 0 Å². The van der Waals surface area contributed by atoms with Gasteiger partial charge in [-0.05, 0) is 13.3 Å². The Morgan fingerprint density at radius 1 is 1.15 bits per heavy atom. The molecule has 0 aliphatic rings. The van der Waals surface area contributed by atoms with Crippen LogP contribution in [0.4, 0.5) is 0 Å². The molecule has 0 unspecified atom stereocenters. The van der Waals surface area contributed by atoms with Gasteiger partial charge in [0.2, 0.25) is 0 Å². The van der Waals surface area contributed by atoms with Crippen LogP contribution in [0.3, 0.4) is 0 Å². The highest BCUT2D eigenvalue weighted by Gasteiger charge is 2.14. The lowest BCUT2D eigenvalue weighted by Crippen LogP contribution is -2.03. The van der Waals surface area contributed by atoms with Crippen molar-refractivity contribution in [3.05, 3.63) is 35.5 Å². The second kappa shape index (κ2) is 6.85. The molecule has 20 heavy (non-hydrogen) atoms. The zero-order valence-electron chi connectivity index (χ0n) is 12.1. The van der Waals surface area contributed by atoms with E-state index in [0.29, 0.717) is 5.69 Å². The molecule has 0 aliphatic carbocycles. The van der Waals surface area contributed by atoms with Gasteiger partial charge in [-0.15, -0.1) is 5.10 Å². The predicted octanol–water partition coefficient (Wildman–Crippen LogP) is 3.71. The van der Waals surface area contributed by atoms with Crippen LogP contribution in [-0.4, -0.2) is 15.0 Å². The van der Waals surface area contributed by atoms with Crippen LogP contribution in [0.25, 0.3) is 11.3 Å². The molecule has 0 amide bonds. The number of nitrogens with zero attached hydrogens (tertiary/aromatic N) is 4. The van der Waals surface area contributed by atoms with Crippen LogP contribution >= 0.6 is 0 Å².